The largest absolute Gasteiger partial charge is 0.289 e. The summed E-state index contributed by atoms with van der Waals surface area (Å²) in [6, 6.07) is 7.86. The molecule has 29 heavy (non-hydrogen) atoms. The van der Waals surface area contributed by atoms with Crippen LogP contribution >= 0.6 is 23.2 Å². The molecular formula is C16H17Cl2N3O6S2. The Bertz CT molecular complexity index is 1110. The normalized spacial score (nSPS) is 13.1. The minimum Gasteiger partial charge on any atom is -0.289 e. The van der Waals surface area contributed by atoms with E-state index in [0.717, 1.165) is 11.6 Å². The third-order valence-electron chi connectivity index (χ3n) is 3.72. The lowest BCUT2D eigenvalue weighted by molar-refractivity contribution is -0.130. The van der Waals surface area contributed by atoms with Crippen LogP contribution in [0.25, 0.3) is 0 Å². The maximum absolute atomic E-state index is 12.5. The van der Waals surface area contributed by atoms with Crippen LogP contribution in [0.2, 0.25) is 10.0 Å². The Morgan fingerprint density at radius 2 is 1.66 bits per heavy atom. The molecule has 0 aromatic heterocycles. The van der Waals surface area contributed by atoms with Gasteiger partial charge in [0, 0.05) is 11.6 Å². The van der Waals surface area contributed by atoms with E-state index in [1.807, 2.05) is 4.72 Å². The number of hydrogen-bond acceptors (Lipinski definition) is 6. The van der Waals surface area contributed by atoms with E-state index in [1.165, 1.54) is 29.7 Å². The highest BCUT2D eigenvalue weighted by molar-refractivity contribution is 7.90. The Morgan fingerprint density at radius 1 is 1.03 bits per heavy atom. The van der Waals surface area contributed by atoms with Crippen molar-refractivity contribution in [3.05, 3.63) is 58.1 Å². The molecule has 1 amide bonds. The van der Waals surface area contributed by atoms with Crippen LogP contribution in [0.3, 0.4) is 0 Å². The van der Waals surface area contributed by atoms with Crippen molar-refractivity contribution in [3.8, 4) is 0 Å². The van der Waals surface area contributed by atoms with E-state index in [-0.39, 0.29) is 19.8 Å². The van der Waals surface area contributed by atoms with Gasteiger partial charge in [-0.3, -0.25) is 10.0 Å². The fourth-order valence-electron chi connectivity index (χ4n) is 2.19. The second kappa shape index (κ2) is 9.39. The Kier molecular flexibility index (Phi) is 7.62. The lowest BCUT2D eigenvalue weighted by Crippen LogP contribution is -2.51. The second-order valence-electron chi connectivity index (χ2n) is 5.89. The Hall–Kier alpha value is -1.73. The van der Waals surface area contributed by atoms with Crippen molar-refractivity contribution in [2.24, 2.45) is 0 Å². The third-order valence-corrected chi connectivity index (χ3v) is 7.34. The fraction of sp³-hybridized carbons (Fsp3) is 0.188. The molecule has 0 aliphatic carbocycles. The lowest BCUT2D eigenvalue weighted by Gasteiger charge is -2.18. The van der Waals surface area contributed by atoms with Crippen LogP contribution in [0.5, 0.6) is 0 Å². The van der Waals surface area contributed by atoms with Gasteiger partial charge >= 0.3 is 0 Å². The molecule has 0 heterocycles. The zero-order valence-corrected chi connectivity index (χ0v) is 18.0. The van der Waals surface area contributed by atoms with Gasteiger partial charge in [-0.1, -0.05) is 40.9 Å². The molecular weight excluding hydrogens is 465 g/mol. The van der Waals surface area contributed by atoms with Gasteiger partial charge < -0.3 is 0 Å². The molecule has 0 saturated carbocycles. The van der Waals surface area contributed by atoms with E-state index in [2.05, 4.69) is 4.72 Å². The van der Waals surface area contributed by atoms with Gasteiger partial charge in [-0.2, -0.15) is 4.72 Å². The molecule has 0 spiro atoms. The number of amides is 1. The molecule has 2 rings (SSSR count). The highest BCUT2D eigenvalue weighted by atomic mass is 35.5. The summed E-state index contributed by atoms with van der Waals surface area (Å²) in [6.45, 7) is 1.06. The van der Waals surface area contributed by atoms with Gasteiger partial charge in [0.15, 0.2) is 0 Å². The Balaban J connectivity index is 2.24. The van der Waals surface area contributed by atoms with Gasteiger partial charge in [-0.25, -0.2) is 27.0 Å². The Labute approximate surface area is 178 Å². The van der Waals surface area contributed by atoms with Crippen LogP contribution in [-0.2, 0) is 24.8 Å². The second-order valence-corrected chi connectivity index (χ2v) is 10.2. The van der Waals surface area contributed by atoms with E-state index in [9.17, 15) is 21.6 Å². The van der Waals surface area contributed by atoms with E-state index >= 15 is 0 Å². The van der Waals surface area contributed by atoms with Crippen molar-refractivity contribution < 1.29 is 26.8 Å². The number of carbonyl (C=O) groups excluding carboxylic acids is 1. The first-order valence-electron chi connectivity index (χ1n) is 7.94. The van der Waals surface area contributed by atoms with Gasteiger partial charge in [0.05, 0.1) is 9.92 Å². The van der Waals surface area contributed by atoms with Crippen molar-refractivity contribution in [3.63, 3.8) is 0 Å². The third kappa shape index (κ3) is 6.12. The topological polar surface area (TPSA) is 142 Å². The number of hydrogen-bond donors (Lipinski definition) is 4. The lowest BCUT2D eigenvalue weighted by atomic mass is 10.2. The number of halogens is 2. The van der Waals surface area contributed by atoms with Gasteiger partial charge in [0.1, 0.15) is 10.9 Å². The number of sulfonamides is 2. The van der Waals surface area contributed by atoms with E-state index in [1.54, 1.807) is 19.1 Å². The average molecular weight is 482 g/mol. The van der Waals surface area contributed by atoms with Crippen molar-refractivity contribution >= 4 is 49.2 Å². The predicted molar refractivity (Wildman–Crippen MR) is 107 cm³/mol. The molecule has 4 N–H and O–H groups in total. The van der Waals surface area contributed by atoms with Crippen LogP contribution in [0.1, 0.15) is 5.56 Å². The average Bonchev–Trinajstić information content (AvgIpc) is 2.66. The van der Waals surface area contributed by atoms with E-state index in [0.29, 0.717) is 0 Å². The summed E-state index contributed by atoms with van der Waals surface area (Å²) < 4.78 is 54.0. The maximum Gasteiger partial charge on any atom is 0.262 e. The van der Waals surface area contributed by atoms with Crippen LogP contribution in [0, 0.1) is 6.92 Å². The summed E-state index contributed by atoms with van der Waals surface area (Å²) in [4.78, 5) is 11.4. The SMILES string of the molecule is Cc1ccc(S(=O)(=O)NC(CNS(=O)(=O)c2cc(Cl)ccc2Cl)C(=O)NO)cc1. The summed E-state index contributed by atoms with van der Waals surface area (Å²) >= 11 is 11.7. The molecule has 0 radical (unpaired) electrons. The van der Waals surface area contributed by atoms with Gasteiger partial charge in [0.2, 0.25) is 20.0 Å². The fourth-order valence-corrected chi connectivity index (χ4v) is 5.20. The number of hydroxylamine groups is 1. The monoisotopic (exact) mass is 481 g/mol. The Morgan fingerprint density at radius 3 is 2.24 bits per heavy atom. The highest BCUT2D eigenvalue weighted by Gasteiger charge is 2.28. The van der Waals surface area contributed by atoms with Crippen molar-refractivity contribution in [2.75, 3.05) is 6.54 Å². The number of aryl methyl sites for hydroxylation is 1. The standard InChI is InChI=1S/C16H17Cl2N3O6S2/c1-10-2-5-12(6-3-10)28(24,25)21-14(16(22)20-23)9-19-29(26,27)15-8-11(17)4-7-13(15)18/h2-8,14,19,21,23H,9H2,1H3,(H,20,22). The molecule has 13 heteroatoms. The molecule has 2 aromatic carbocycles. The number of carbonyl (C=O) groups is 1. The van der Waals surface area contributed by atoms with E-state index < -0.39 is 38.5 Å². The minimum atomic E-state index is -4.24. The van der Waals surface area contributed by atoms with Gasteiger partial charge in [-0.15, -0.1) is 0 Å². The number of nitrogens with one attached hydrogen (secondary N) is 3. The quantitative estimate of drug-likeness (QED) is 0.331. The molecule has 2 aromatic rings. The van der Waals surface area contributed by atoms with E-state index in [4.69, 9.17) is 28.4 Å². The molecule has 0 saturated heterocycles. The maximum atomic E-state index is 12.5. The smallest absolute Gasteiger partial charge is 0.262 e. The molecule has 158 valence electrons. The summed E-state index contributed by atoms with van der Waals surface area (Å²) in [5, 5.41) is 8.88. The zero-order chi connectivity index (χ0) is 21.8. The molecule has 0 bridgehead atoms. The predicted octanol–water partition coefficient (Wildman–Crippen LogP) is 1.43. The van der Waals surface area contributed by atoms with Gasteiger partial charge in [0.25, 0.3) is 5.91 Å². The summed E-state index contributed by atoms with van der Waals surface area (Å²) in [5.74, 6) is -1.17. The van der Waals surface area contributed by atoms with Crippen LogP contribution in [0.15, 0.2) is 52.3 Å². The van der Waals surface area contributed by atoms with Crippen molar-refractivity contribution in [2.45, 2.75) is 22.8 Å². The van der Waals surface area contributed by atoms with Crippen LogP contribution in [0.4, 0.5) is 0 Å². The highest BCUT2D eigenvalue weighted by Crippen LogP contribution is 2.24. The number of rotatable bonds is 8. The molecule has 0 aliphatic rings. The molecule has 9 nitrogen and oxygen atoms in total. The summed E-state index contributed by atoms with van der Waals surface area (Å²) in [6.07, 6.45) is 0. The van der Waals surface area contributed by atoms with Crippen LogP contribution < -0.4 is 14.9 Å². The first-order valence-corrected chi connectivity index (χ1v) is 11.7. The first kappa shape index (κ1) is 23.5. The molecule has 1 atom stereocenters. The zero-order valence-electron chi connectivity index (χ0n) is 14.9. The minimum absolute atomic E-state index is 0.111. The van der Waals surface area contributed by atoms with Crippen LogP contribution in [-0.4, -0.2) is 40.5 Å². The summed E-state index contributed by atoms with van der Waals surface area (Å²) in [5.41, 5.74) is 2.12. The van der Waals surface area contributed by atoms with Crippen molar-refractivity contribution in [1.29, 1.82) is 0 Å². The number of benzene rings is 2. The molecule has 1 unspecified atom stereocenters. The summed E-state index contributed by atoms with van der Waals surface area (Å²) in [7, 11) is -8.42. The molecule has 0 aliphatic heterocycles. The first-order chi connectivity index (χ1) is 13.5. The van der Waals surface area contributed by atoms with Crippen molar-refractivity contribution in [1.82, 2.24) is 14.9 Å². The molecule has 0 fully saturated rings. The van der Waals surface area contributed by atoms with Gasteiger partial charge in [-0.05, 0) is 37.3 Å².